The third-order valence-electron chi connectivity index (χ3n) is 4.10. The van der Waals surface area contributed by atoms with Crippen molar-refractivity contribution in [3.8, 4) is 0 Å². The van der Waals surface area contributed by atoms with Crippen LogP contribution in [-0.2, 0) is 6.42 Å². The second-order valence-corrected chi connectivity index (χ2v) is 6.45. The zero-order chi connectivity index (χ0) is 14.4. The van der Waals surface area contributed by atoms with E-state index in [-0.39, 0.29) is 0 Å². The maximum atomic E-state index is 5.92. The molecule has 1 aliphatic heterocycles. The molecule has 0 aliphatic carbocycles. The number of likely N-dealkylation sites (tertiary alicyclic amines) is 1. The number of rotatable bonds is 6. The minimum atomic E-state index is 0.527. The van der Waals surface area contributed by atoms with Crippen LogP contribution >= 0.6 is 11.6 Å². The van der Waals surface area contributed by atoms with E-state index in [1.54, 1.807) is 0 Å². The summed E-state index contributed by atoms with van der Waals surface area (Å²) in [6.45, 7) is 8.30. The average Bonchev–Trinajstić information content (AvgIpc) is 2.44. The molecule has 2 rings (SSSR count). The summed E-state index contributed by atoms with van der Waals surface area (Å²) >= 11 is 5.92. The van der Waals surface area contributed by atoms with Crippen LogP contribution in [0.4, 0.5) is 0 Å². The van der Waals surface area contributed by atoms with Crippen molar-refractivity contribution < 1.29 is 0 Å². The SMILES string of the molecule is CCCN1CCC(NC(C)Cc2ccc(Cl)cc2)CC1. The largest absolute Gasteiger partial charge is 0.311 e. The van der Waals surface area contributed by atoms with Gasteiger partial charge in [0.1, 0.15) is 0 Å². The zero-order valence-electron chi connectivity index (χ0n) is 12.7. The van der Waals surface area contributed by atoms with Gasteiger partial charge in [-0.25, -0.2) is 0 Å². The minimum absolute atomic E-state index is 0.527. The Balaban J connectivity index is 1.72. The molecule has 0 radical (unpaired) electrons. The Bertz CT molecular complexity index is 382. The second-order valence-electron chi connectivity index (χ2n) is 6.01. The van der Waals surface area contributed by atoms with Crippen LogP contribution in [0, 0.1) is 0 Å². The normalized spacial score (nSPS) is 19.1. The molecule has 1 saturated heterocycles. The summed E-state index contributed by atoms with van der Waals surface area (Å²) < 4.78 is 0. The van der Waals surface area contributed by atoms with Gasteiger partial charge in [-0.2, -0.15) is 0 Å². The molecular weight excluding hydrogens is 268 g/mol. The van der Waals surface area contributed by atoms with Gasteiger partial charge in [-0.15, -0.1) is 0 Å². The van der Waals surface area contributed by atoms with E-state index in [9.17, 15) is 0 Å². The molecule has 3 heteroatoms. The van der Waals surface area contributed by atoms with E-state index < -0.39 is 0 Å². The first-order valence-corrected chi connectivity index (χ1v) is 8.28. The molecule has 1 aliphatic rings. The van der Waals surface area contributed by atoms with Crippen LogP contribution in [0.2, 0.25) is 5.02 Å². The molecule has 2 nitrogen and oxygen atoms in total. The lowest BCUT2D eigenvalue weighted by atomic mass is 10.0. The lowest BCUT2D eigenvalue weighted by Gasteiger charge is -2.33. The van der Waals surface area contributed by atoms with E-state index in [0.29, 0.717) is 12.1 Å². The third kappa shape index (κ3) is 5.08. The van der Waals surface area contributed by atoms with Gasteiger partial charge in [-0.3, -0.25) is 0 Å². The van der Waals surface area contributed by atoms with Crippen molar-refractivity contribution in [3.05, 3.63) is 34.9 Å². The van der Waals surface area contributed by atoms with Crippen LogP contribution in [0.5, 0.6) is 0 Å². The summed E-state index contributed by atoms with van der Waals surface area (Å²) in [5, 5.41) is 4.60. The molecule has 1 aromatic carbocycles. The number of piperidine rings is 1. The average molecular weight is 295 g/mol. The van der Waals surface area contributed by atoms with Gasteiger partial charge in [-0.1, -0.05) is 30.7 Å². The van der Waals surface area contributed by atoms with Crippen LogP contribution in [-0.4, -0.2) is 36.6 Å². The Kier molecular flexibility index (Phi) is 6.34. The summed E-state index contributed by atoms with van der Waals surface area (Å²) in [5.74, 6) is 0. The van der Waals surface area contributed by atoms with Gasteiger partial charge in [0, 0.05) is 17.1 Å². The van der Waals surface area contributed by atoms with E-state index in [1.807, 2.05) is 12.1 Å². The standard InChI is InChI=1S/C17H27ClN2/c1-3-10-20-11-8-17(9-12-20)19-14(2)13-15-4-6-16(18)7-5-15/h4-7,14,17,19H,3,8-13H2,1-2H3. The minimum Gasteiger partial charge on any atom is -0.311 e. The highest BCUT2D eigenvalue weighted by Crippen LogP contribution is 2.14. The van der Waals surface area contributed by atoms with Gasteiger partial charge in [-0.05, 0) is 69.9 Å². The maximum Gasteiger partial charge on any atom is 0.0406 e. The Morgan fingerprint density at radius 2 is 1.90 bits per heavy atom. The van der Waals surface area contributed by atoms with Gasteiger partial charge in [0.15, 0.2) is 0 Å². The highest BCUT2D eigenvalue weighted by Gasteiger charge is 2.19. The molecule has 1 aromatic rings. The maximum absolute atomic E-state index is 5.92. The highest BCUT2D eigenvalue weighted by atomic mass is 35.5. The molecule has 1 heterocycles. The number of hydrogen-bond donors (Lipinski definition) is 1. The summed E-state index contributed by atoms with van der Waals surface area (Å²) in [5.41, 5.74) is 1.36. The summed E-state index contributed by atoms with van der Waals surface area (Å²) in [6, 6.07) is 9.43. The fraction of sp³-hybridized carbons (Fsp3) is 0.647. The number of hydrogen-bond acceptors (Lipinski definition) is 2. The molecule has 1 N–H and O–H groups in total. The third-order valence-corrected chi connectivity index (χ3v) is 4.35. The van der Waals surface area contributed by atoms with Crippen LogP contribution in [0.25, 0.3) is 0 Å². The van der Waals surface area contributed by atoms with Gasteiger partial charge >= 0.3 is 0 Å². The first kappa shape index (κ1) is 15.8. The molecule has 1 atom stereocenters. The molecule has 1 fully saturated rings. The summed E-state index contributed by atoms with van der Waals surface area (Å²) in [7, 11) is 0. The smallest absolute Gasteiger partial charge is 0.0406 e. The van der Waals surface area contributed by atoms with E-state index >= 15 is 0 Å². The van der Waals surface area contributed by atoms with Gasteiger partial charge in [0.05, 0.1) is 0 Å². The summed E-state index contributed by atoms with van der Waals surface area (Å²) in [6.07, 6.45) is 4.91. The number of benzene rings is 1. The van der Waals surface area contributed by atoms with Crippen molar-refractivity contribution in [1.29, 1.82) is 0 Å². The van der Waals surface area contributed by atoms with E-state index in [4.69, 9.17) is 11.6 Å². The second kappa shape index (κ2) is 8.02. The first-order chi connectivity index (χ1) is 9.67. The van der Waals surface area contributed by atoms with Crippen LogP contribution < -0.4 is 5.32 Å². The Hall–Kier alpha value is -0.570. The number of nitrogens with zero attached hydrogens (tertiary/aromatic N) is 1. The quantitative estimate of drug-likeness (QED) is 0.860. The topological polar surface area (TPSA) is 15.3 Å². The molecule has 0 saturated carbocycles. The lowest BCUT2D eigenvalue weighted by Crippen LogP contribution is -2.46. The predicted molar refractivity (Wildman–Crippen MR) is 87.5 cm³/mol. The van der Waals surface area contributed by atoms with E-state index in [0.717, 1.165) is 11.4 Å². The van der Waals surface area contributed by atoms with E-state index in [1.165, 1.54) is 44.5 Å². The molecule has 0 spiro atoms. The van der Waals surface area contributed by atoms with Gasteiger partial charge < -0.3 is 10.2 Å². The fourth-order valence-corrected chi connectivity index (χ4v) is 3.20. The number of halogens is 1. The molecule has 0 aromatic heterocycles. The predicted octanol–water partition coefficient (Wildman–Crippen LogP) is 3.74. The van der Waals surface area contributed by atoms with Crippen molar-refractivity contribution in [2.75, 3.05) is 19.6 Å². The molecule has 0 bridgehead atoms. The fourth-order valence-electron chi connectivity index (χ4n) is 3.07. The number of nitrogens with one attached hydrogen (secondary N) is 1. The van der Waals surface area contributed by atoms with Crippen LogP contribution in [0.1, 0.15) is 38.7 Å². The molecular formula is C17H27ClN2. The zero-order valence-corrected chi connectivity index (χ0v) is 13.5. The van der Waals surface area contributed by atoms with Crippen LogP contribution in [0.3, 0.4) is 0 Å². The Morgan fingerprint density at radius 1 is 1.25 bits per heavy atom. The molecule has 20 heavy (non-hydrogen) atoms. The highest BCUT2D eigenvalue weighted by molar-refractivity contribution is 6.30. The van der Waals surface area contributed by atoms with Gasteiger partial charge in [0.2, 0.25) is 0 Å². The first-order valence-electron chi connectivity index (χ1n) is 7.90. The van der Waals surface area contributed by atoms with Gasteiger partial charge in [0.25, 0.3) is 0 Å². The van der Waals surface area contributed by atoms with Crippen molar-refractivity contribution in [2.24, 2.45) is 0 Å². The van der Waals surface area contributed by atoms with Crippen molar-refractivity contribution >= 4 is 11.6 Å². The van der Waals surface area contributed by atoms with E-state index in [2.05, 4.69) is 36.2 Å². The molecule has 112 valence electrons. The van der Waals surface area contributed by atoms with Crippen molar-refractivity contribution in [2.45, 2.75) is 51.6 Å². The monoisotopic (exact) mass is 294 g/mol. The van der Waals surface area contributed by atoms with Crippen molar-refractivity contribution in [1.82, 2.24) is 10.2 Å². The molecule has 0 amide bonds. The lowest BCUT2D eigenvalue weighted by molar-refractivity contribution is 0.192. The summed E-state index contributed by atoms with van der Waals surface area (Å²) in [4.78, 5) is 2.59. The van der Waals surface area contributed by atoms with Crippen LogP contribution in [0.15, 0.2) is 24.3 Å². The molecule has 1 unspecified atom stereocenters. The van der Waals surface area contributed by atoms with Crippen molar-refractivity contribution in [3.63, 3.8) is 0 Å². The Labute approximate surface area is 128 Å². The Morgan fingerprint density at radius 3 is 2.50 bits per heavy atom.